The first-order valence-electron chi connectivity index (χ1n) is 12.7. The molecule has 0 radical (unpaired) electrons. The fraction of sp³-hybridized carbons (Fsp3) is 0.464. The smallest absolute Gasteiger partial charge is 0.337 e. The lowest BCUT2D eigenvalue weighted by molar-refractivity contribution is 0.0697. The number of aromatic nitrogens is 2. The minimum atomic E-state index is -0.983. The van der Waals surface area contributed by atoms with Gasteiger partial charge in [-0.05, 0) is 70.3 Å². The zero-order valence-corrected chi connectivity index (χ0v) is 22.0. The van der Waals surface area contributed by atoms with Gasteiger partial charge in [-0.25, -0.2) is 9.78 Å². The standard InChI is InChI=1S/C25H30N4O3.C3H9N/c1-4-25(10-6-11-25)15-26-21-14-22(30)29-12-5-7-18(23(29)28-21)17(3)27-20-9-8-16(2)13-19(20)24(31)32;1-3-4-2/h5,7-9,12-14,17,26-27H,4,6,10-11,15H2,1-3H3,(H,31,32);4H,3H2,1-2H3. The Morgan fingerprint density at radius 2 is 1.94 bits per heavy atom. The molecule has 0 amide bonds. The number of carboxylic acid groups (broad SMARTS) is 1. The number of carboxylic acids is 1. The maximum atomic E-state index is 12.8. The van der Waals surface area contributed by atoms with Crippen LogP contribution in [0.25, 0.3) is 5.65 Å². The van der Waals surface area contributed by atoms with E-state index in [9.17, 15) is 14.7 Å². The molecule has 36 heavy (non-hydrogen) atoms. The fourth-order valence-electron chi connectivity index (χ4n) is 4.46. The number of carbonyl (C=O) groups is 1. The quantitative estimate of drug-likeness (QED) is 0.329. The minimum Gasteiger partial charge on any atom is -0.478 e. The summed E-state index contributed by atoms with van der Waals surface area (Å²) in [5.41, 5.74) is 3.17. The summed E-state index contributed by atoms with van der Waals surface area (Å²) in [6, 6.07) is 10.3. The summed E-state index contributed by atoms with van der Waals surface area (Å²) in [5.74, 6) is -0.404. The fourth-order valence-corrected chi connectivity index (χ4v) is 4.46. The van der Waals surface area contributed by atoms with Crippen molar-refractivity contribution in [1.29, 1.82) is 0 Å². The van der Waals surface area contributed by atoms with Crippen molar-refractivity contribution in [3.05, 3.63) is 69.6 Å². The maximum Gasteiger partial charge on any atom is 0.337 e. The highest BCUT2D eigenvalue weighted by molar-refractivity contribution is 5.94. The average molecular weight is 494 g/mol. The molecule has 1 unspecified atom stereocenters. The number of anilines is 2. The van der Waals surface area contributed by atoms with Crippen LogP contribution in [0.1, 0.15) is 74.0 Å². The molecule has 1 fully saturated rings. The highest BCUT2D eigenvalue weighted by Gasteiger charge is 2.34. The number of hydrogen-bond donors (Lipinski definition) is 4. The molecule has 0 bridgehead atoms. The third-order valence-electron chi connectivity index (χ3n) is 7.13. The van der Waals surface area contributed by atoms with Gasteiger partial charge in [-0.1, -0.05) is 38.0 Å². The van der Waals surface area contributed by atoms with Crippen molar-refractivity contribution < 1.29 is 9.90 Å². The Labute approximate surface area is 213 Å². The van der Waals surface area contributed by atoms with E-state index < -0.39 is 5.97 Å². The van der Waals surface area contributed by atoms with Crippen LogP contribution in [0, 0.1) is 12.3 Å². The zero-order chi connectivity index (χ0) is 26.3. The number of rotatable bonds is 9. The van der Waals surface area contributed by atoms with Gasteiger partial charge in [-0.15, -0.1) is 0 Å². The summed E-state index contributed by atoms with van der Waals surface area (Å²) >= 11 is 0. The van der Waals surface area contributed by atoms with Crippen molar-refractivity contribution in [3.63, 3.8) is 0 Å². The van der Waals surface area contributed by atoms with Crippen molar-refractivity contribution in [1.82, 2.24) is 14.7 Å². The topological polar surface area (TPSA) is 108 Å². The van der Waals surface area contributed by atoms with Gasteiger partial charge in [0.05, 0.1) is 11.6 Å². The number of fused-ring (bicyclic) bond motifs is 1. The van der Waals surface area contributed by atoms with E-state index in [1.54, 1.807) is 24.4 Å². The van der Waals surface area contributed by atoms with Gasteiger partial charge in [0.25, 0.3) is 5.56 Å². The molecule has 0 aliphatic heterocycles. The molecular weight excluding hydrogens is 454 g/mol. The number of aryl methyl sites for hydroxylation is 1. The summed E-state index contributed by atoms with van der Waals surface area (Å²) in [7, 11) is 1.93. The van der Waals surface area contributed by atoms with Gasteiger partial charge >= 0.3 is 5.97 Å². The molecule has 1 atom stereocenters. The van der Waals surface area contributed by atoms with Gasteiger partial charge in [0.2, 0.25) is 0 Å². The van der Waals surface area contributed by atoms with Gasteiger partial charge in [-0.3, -0.25) is 9.20 Å². The van der Waals surface area contributed by atoms with Gasteiger partial charge in [0.15, 0.2) is 0 Å². The van der Waals surface area contributed by atoms with Crippen molar-refractivity contribution >= 4 is 23.1 Å². The van der Waals surface area contributed by atoms with Crippen molar-refractivity contribution in [2.24, 2.45) is 5.41 Å². The van der Waals surface area contributed by atoms with E-state index in [2.05, 4.69) is 29.8 Å². The van der Waals surface area contributed by atoms with Crippen LogP contribution in [0.2, 0.25) is 0 Å². The lowest BCUT2D eigenvalue weighted by Crippen LogP contribution is -2.36. The van der Waals surface area contributed by atoms with Crippen LogP contribution >= 0.6 is 0 Å². The molecule has 4 rings (SSSR count). The van der Waals surface area contributed by atoms with E-state index >= 15 is 0 Å². The van der Waals surface area contributed by atoms with Crippen LogP contribution in [0.5, 0.6) is 0 Å². The third-order valence-corrected chi connectivity index (χ3v) is 7.13. The Balaban J connectivity index is 0.000000840. The molecule has 4 N–H and O–H groups in total. The summed E-state index contributed by atoms with van der Waals surface area (Å²) in [4.78, 5) is 29.2. The first-order valence-corrected chi connectivity index (χ1v) is 12.7. The van der Waals surface area contributed by atoms with Crippen molar-refractivity contribution in [2.45, 2.75) is 59.4 Å². The van der Waals surface area contributed by atoms with Crippen molar-refractivity contribution in [3.8, 4) is 0 Å². The molecule has 1 aromatic carbocycles. The molecule has 1 aliphatic carbocycles. The highest BCUT2D eigenvalue weighted by atomic mass is 16.4. The van der Waals surface area contributed by atoms with Gasteiger partial charge in [-0.2, -0.15) is 0 Å². The SMILES string of the molecule is CCC1(CNc2cc(=O)n3cccc(C(C)Nc4ccc(C)cc4C(=O)O)c3n2)CCC1.CCNC. The van der Waals surface area contributed by atoms with Crippen LogP contribution in [0.3, 0.4) is 0 Å². The molecule has 1 aliphatic rings. The number of pyridine rings is 1. The summed E-state index contributed by atoms with van der Waals surface area (Å²) in [6.45, 7) is 9.97. The molecule has 0 spiro atoms. The van der Waals surface area contributed by atoms with E-state index in [0.29, 0.717) is 22.6 Å². The van der Waals surface area contributed by atoms with Crippen molar-refractivity contribution in [2.75, 3.05) is 30.8 Å². The number of aromatic carboxylic acids is 1. The van der Waals surface area contributed by atoms with Crippen LogP contribution in [0.15, 0.2) is 47.4 Å². The maximum absolute atomic E-state index is 12.8. The Morgan fingerprint density at radius 1 is 1.22 bits per heavy atom. The second kappa shape index (κ2) is 12.0. The Morgan fingerprint density at radius 3 is 2.53 bits per heavy atom. The number of hydrogen-bond acceptors (Lipinski definition) is 6. The Hall–Kier alpha value is -3.39. The van der Waals surface area contributed by atoms with E-state index in [1.807, 2.05) is 39.1 Å². The van der Waals surface area contributed by atoms with Gasteiger partial charge in [0.1, 0.15) is 11.5 Å². The molecule has 8 nitrogen and oxygen atoms in total. The molecular formula is C28H39N5O3. The Bertz CT molecular complexity index is 1240. The second-order valence-electron chi connectivity index (χ2n) is 9.62. The number of benzene rings is 1. The molecule has 1 saturated carbocycles. The summed E-state index contributed by atoms with van der Waals surface area (Å²) in [6.07, 6.45) is 6.49. The molecule has 2 aromatic heterocycles. The molecule has 3 aromatic rings. The van der Waals surface area contributed by atoms with E-state index in [-0.39, 0.29) is 17.2 Å². The molecule has 194 valence electrons. The average Bonchev–Trinajstić information content (AvgIpc) is 2.84. The first-order chi connectivity index (χ1) is 17.2. The monoisotopic (exact) mass is 493 g/mol. The minimum absolute atomic E-state index is 0.146. The summed E-state index contributed by atoms with van der Waals surface area (Å²) < 4.78 is 1.53. The van der Waals surface area contributed by atoms with Crippen LogP contribution in [0.4, 0.5) is 11.5 Å². The molecule has 8 heteroatoms. The van der Waals surface area contributed by atoms with Gasteiger partial charge < -0.3 is 21.1 Å². The van der Waals surface area contributed by atoms with E-state index in [0.717, 1.165) is 30.6 Å². The molecule has 0 saturated heterocycles. The summed E-state index contributed by atoms with van der Waals surface area (Å²) in [5, 5.41) is 19.2. The van der Waals surface area contributed by atoms with Gasteiger partial charge in [0, 0.05) is 30.1 Å². The lowest BCUT2D eigenvalue weighted by Gasteiger charge is -2.41. The predicted octanol–water partition coefficient (Wildman–Crippen LogP) is 5.09. The number of nitrogens with one attached hydrogen (secondary N) is 3. The van der Waals surface area contributed by atoms with Crippen LogP contribution in [-0.4, -0.2) is 40.6 Å². The van der Waals surface area contributed by atoms with Crippen LogP contribution in [-0.2, 0) is 0 Å². The number of nitrogens with zero attached hydrogens (tertiary/aromatic N) is 2. The van der Waals surface area contributed by atoms with E-state index in [1.165, 1.54) is 23.7 Å². The predicted molar refractivity (Wildman–Crippen MR) is 146 cm³/mol. The zero-order valence-electron chi connectivity index (χ0n) is 22.0. The molecule has 2 heterocycles. The Kier molecular flexibility index (Phi) is 9.09. The highest BCUT2D eigenvalue weighted by Crippen LogP contribution is 2.43. The van der Waals surface area contributed by atoms with E-state index in [4.69, 9.17) is 4.98 Å². The first kappa shape index (κ1) is 27.2. The third kappa shape index (κ3) is 6.23. The lowest BCUT2D eigenvalue weighted by atomic mass is 9.67. The largest absolute Gasteiger partial charge is 0.478 e. The van der Waals surface area contributed by atoms with Crippen LogP contribution < -0.4 is 21.5 Å². The second-order valence-corrected chi connectivity index (χ2v) is 9.62. The normalized spacial score (nSPS) is 14.8.